The smallest absolute Gasteiger partial charge is 0.408 e. The predicted molar refractivity (Wildman–Crippen MR) is 160 cm³/mol. The Morgan fingerprint density at radius 1 is 1.00 bits per heavy atom. The lowest BCUT2D eigenvalue weighted by molar-refractivity contribution is -0.153. The van der Waals surface area contributed by atoms with Crippen molar-refractivity contribution in [3.8, 4) is 11.1 Å². The van der Waals surface area contributed by atoms with E-state index in [1.165, 1.54) is 0 Å². The molecule has 2 N–H and O–H groups in total. The zero-order valence-corrected chi connectivity index (χ0v) is 26.4. The average Bonchev–Trinajstić information content (AvgIpc) is 2.82. The molecule has 2 aromatic rings. The van der Waals surface area contributed by atoms with Crippen molar-refractivity contribution in [1.82, 2.24) is 20.6 Å². The molecule has 2 heterocycles. The number of aryl methyl sites for hydroxylation is 1. The van der Waals surface area contributed by atoms with Gasteiger partial charge in [0.1, 0.15) is 23.4 Å². The minimum Gasteiger partial charge on any atom is -0.459 e. The Labute approximate surface area is 251 Å². The molecule has 0 spiro atoms. The molecule has 0 bridgehead atoms. The number of carbonyl (C=O) groups excluding carboxylic acids is 3. The predicted octanol–water partition coefficient (Wildman–Crippen LogP) is 5.71. The van der Waals surface area contributed by atoms with Crippen molar-refractivity contribution in [1.29, 1.82) is 0 Å². The van der Waals surface area contributed by atoms with Gasteiger partial charge in [0.2, 0.25) is 5.95 Å². The van der Waals surface area contributed by atoms with Gasteiger partial charge in [0.05, 0.1) is 15.7 Å². The highest BCUT2D eigenvalue weighted by Gasteiger charge is 2.35. The second-order valence-electron chi connectivity index (χ2n) is 12.4. The van der Waals surface area contributed by atoms with Crippen LogP contribution in [0.1, 0.15) is 77.5 Å². The van der Waals surface area contributed by atoms with E-state index in [1.807, 2.05) is 32.6 Å². The van der Waals surface area contributed by atoms with E-state index in [9.17, 15) is 14.4 Å². The molecule has 1 fully saturated rings. The number of halogens is 2. The van der Waals surface area contributed by atoms with Crippen LogP contribution in [0.25, 0.3) is 11.1 Å². The number of hydrogen-bond donors (Lipinski definition) is 2. The van der Waals surface area contributed by atoms with Crippen LogP contribution in [0.15, 0.2) is 18.2 Å². The highest BCUT2D eigenvalue weighted by molar-refractivity contribution is 6.43. The quantitative estimate of drug-likeness (QED) is 0.400. The molecule has 0 saturated carbocycles. The summed E-state index contributed by atoms with van der Waals surface area (Å²) in [4.78, 5) is 49.5. The van der Waals surface area contributed by atoms with Crippen LogP contribution in [0.2, 0.25) is 10.0 Å². The first-order chi connectivity index (χ1) is 18.9. The van der Waals surface area contributed by atoms with E-state index in [1.54, 1.807) is 45.9 Å². The largest absolute Gasteiger partial charge is 0.459 e. The first kappa shape index (κ1) is 32.4. The molecule has 1 aliphatic heterocycles. The fraction of sp³-hybridized carbons (Fsp3) is 0.552. The lowest BCUT2D eigenvalue weighted by Crippen LogP contribution is -2.54. The molecule has 0 aliphatic carbocycles. The normalized spacial score (nSPS) is 15.2. The van der Waals surface area contributed by atoms with Gasteiger partial charge in [-0.2, -0.15) is 0 Å². The maximum Gasteiger partial charge on any atom is 0.408 e. The lowest BCUT2D eigenvalue weighted by Gasteiger charge is -2.40. The monoisotopic (exact) mass is 607 g/mol. The van der Waals surface area contributed by atoms with Crippen LogP contribution in [0.3, 0.4) is 0 Å². The Morgan fingerprint density at radius 2 is 1.61 bits per heavy atom. The summed E-state index contributed by atoms with van der Waals surface area (Å²) in [5.74, 6) is -0.805. The first-order valence-electron chi connectivity index (χ1n) is 13.5. The van der Waals surface area contributed by atoms with Crippen molar-refractivity contribution < 1.29 is 23.9 Å². The first-order valence-corrected chi connectivity index (χ1v) is 14.2. The van der Waals surface area contributed by atoms with Gasteiger partial charge in [-0.1, -0.05) is 35.3 Å². The van der Waals surface area contributed by atoms with Crippen LogP contribution >= 0.6 is 23.2 Å². The van der Waals surface area contributed by atoms with Crippen molar-refractivity contribution in [2.24, 2.45) is 0 Å². The van der Waals surface area contributed by atoms with Crippen LogP contribution < -0.4 is 15.5 Å². The van der Waals surface area contributed by atoms with Gasteiger partial charge in [0.15, 0.2) is 0 Å². The van der Waals surface area contributed by atoms with E-state index < -0.39 is 34.7 Å². The number of aromatic nitrogens is 2. The number of hydrogen-bond acceptors (Lipinski definition) is 8. The number of esters is 1. The summed E-state index contributed by atoms with van der Waals surface area (Å²) in [6, 6.07) is 5.11. The standard InChI is InChI=1S/C29H39Cl2N5O5/c1-17-21(18-10-9-11-19(30)22(18)31)23(24(38)32-16-20(37)40-27(2,3)4)34-25(33-17)36-14-12-29(8,13-15-36)35-26(39)41-28(5,6)7/h9-11H,12-16H2,1-8H3,(H,32,38)(H,35,39). The minimum absolute atomic E-state index is 0.0560. The maximum absolute atomic E-state index is 13.5. The fourth-order valence-corrected chi connectivity index (χ4v) is 4.77. The highest BCUT2D eigenvalue weighted by atomic mass is 35.5. The number of amides is 2. The number of benzene rings is 1. The molecule has 0 unspecified atom stereocenters. The summed E-state index contributed by atoms with van der Waals surface area (Å²) >= 11 is 12.8. The van der Waals surface area contributed by atoms with Gasteiger partial charge in [0, 0.05) is 29.8 Å². The third-order valence-corrected chi connectivity index (χ3v) is 7.10. The molecule has 1 saturated heterocycles. The van der Waals surface area contributed by atoms with Crippen LogP contribution in [0, 0.1) is 6.92 Å². The Balaban J connectivity index is 1.89. The Kier molecular flexibility index (Phi) is 9.80. The van der Waals surface area contributed by atoms with Crippen molar-refractivity contribution >= 4 is 47.1 Å². The number of nitrogens with zero attached hydrogens (tertiary/aromatic N) is 3. The molecule has 10 nitrogen and oxygen atoms in total. The number of rotatable bonds is 6. The lowest BCUT2D eigenvalue weighted by atomic mass is 9.90. The van der Waals surface area contributed by atoms with Crippen molar-refractivity contribution in [3.05, 3.63) is 39.6 Å². The number of carbonyl (C=O) groups is 3. The second-order valence-corrected chi connectivity index (χ2v) is 13.2. The van der Waals surface area contributed by atoms with Crippen molar-refractivity contribution in [3.63, 3.8) is 0 Å². The third kappa shape index (κ3) is 8.94. The zero-order chi connectivity index (χ0) is 30.8. The molecule has 41 heavy (non-hydrogen) atoms. The fourth-order valence-electron chi connectivity index (χ4n) is 4.37. The number of nitrogens with one attached hydrogen (secondary N) is 2. The zero-order valence-electron chi connectivity index (χ0n) is 24.9. The van der Waals surface area contributed by atoms with Crippen LogP contribution in [0.4, 0.5) is 10.7 Å². The maximum atomic E-state index is 13.5. The summed E-state index contributed by atoms with van der Waals surface area (Å²) < 4.78 is 10.7. The Bertz CT molecular complexity index is 1310. The molecule has 1 aromatic carbocycles. The van der Waals surface area contributed by atoms with E-state index in [0.717, 1.165) is 0 Å². The Morgan fingerprint density at radius 3 is 2.20 bits per heavy atom. The van der Waals surface area contributed by atoms with Crippen LogP contribution in [-0.4, -0.2) is 64.3 Å². The van der Waals surface area contributed by atoms with Gasteiger partial charge in [-0.05, 0) is 74.3 Å². The summed E-state index contributed by atoms with van der Waals surface area (Å²) in [6.07, 6.45) is 0.750. The average molecular weight is 609 g/mol. The number of anilines is 1. The molecule has 1 aromatic heterocycles. The molecule has 1 aliphatic rings. The van der Waals surface area contributed by atoms with Gasteiger partial charge in [-0.25, -0.2) is 14.8 Å². The molecule has 0 atom stereocenters. The molecule has 12 heteroatoms. The Hall–Kier alpha value is -3.11. The molecular formula is C29H39Cl2N5O5. The van der Waals surface area contributed by atoms with E-state index in [-0.39, 0.29) is 17.3 Å². The van der Waals surface area contributed by atoms with Gasteiger partial charge < -0.3 is 25.0 Å². The van der Waals surface area contributed by atoms with Gasteiger partial charge in [-0.3, -0.25) is 9.59 Å². The van der Waals surface area contributed by atoms with Gasteiger partial charge >= 0.3 is 12.1 Å². The molecular weight excluding hydrogens is 569 g/mol. The topological polar surface area (TPSA) is 123 Å². The van der Waals surface area contributed by atoms with Crippen molar-refractivity contribution in [2.45, 2.75) is 85.0 Å². The number of piperidine rings is 1. The van der Waals surface area contributed by atoms with E-state index >= 15 is 0 Å². The van der Waals surface area contributed by atoms with E-state index in [4.69, 9.17) is 37.7 Å². The van der Waals surface area contributed by atoms with E-state index in [0.29, 0.717) is 53.7 Å². The third-order valence-electron chi connectivity index (χ3n) is 6.28. The number of alkyl carbamates (subject to hydrolysis) is 1. The summed E-state index contributed by atoms with van der Waals surface area (Å²) in [6.45, 7) is 15.2. The van der Waals surface area contributed by atoms with Crippen molar-refractivity contribution in [2.75, 3.05) is 24.5 Å². The van der Waals surface area contributed by atoms with Gasteiger partial charge in [-0.15, -0.1) is 0 Å². The molecule has 2 amide bonds. The highest BCUT2D eigenvalue weighted by Crippen LogP contribution is 2.37. The second kappa shape index (κ2) is 12.4. The summed E-state index contributed by atoms with van der Waals surface area (Å²) in [7, 11) is 0. The minimum atomic E-state index is -0.693. The summed E-state index contributed by atoms with van der Waals surface area (Å²) in [5.41, 5.74) is -0.283. The molecule has 0 radical (unpaired) electrons. The van der Waals surface area contributed by atoms with Crippen LogP contribution in [-0.2, 0) is 14.3 Å². The number of ether oxygens (including phenoxy) is 2. The molecule has 224 valence electrons. The summed E-state index contributed by atoms with van der Waals surface area (Å²) in [5, 5.41) is 6.18. The molecule has 3 rings (SSSR count). The SMILES string of the molecule is Cc1nc(N2CCC(C)(NC(=O)OC(C)(C)C)CC2)nc(C(=O)NCC(=O)OC(C)(C)C)c1-c1cccc(Cl)c1Cl. The van der Waals surface area contributed by atoms with Crippen LogP contribution in [0.5, 0.6) is 0 Å². The van der Waals surface area contributed by atoms with E-state index in [2.05, 4.69) is 15.6 Å². The van der Waals surface area contributed by atoms with Gasteiger partial charge in [0.25, 0.3) is 5.91 Å².